The molecule has 2 heterocycles. The quantitative estimate of drug-likeness (QED) is 0.647. The third-order valence-electron chi connectivity index (χ3n) is 2.72. The van der Waals surface area contributed by atoms with Crippen LogP contribution in [0.1, 0.15) is 11.1 Å². The number of aryl methyl sites for hydroxylation is 1. The number of pyridine rings is 1. The second kappa shape index (κ2) is 3.09. The van der Waals surface area contributed by atoms with Gasteiger partial charge in [-0.2, -0.15) is 0 Å². The SMILES string of the molecule is Cc1ccc2c(c1)COc1cnccc1-2. The standard InChI is InChI=1S/C13H11NO/c1-9-2-3-11-10(6-9)8-15-13-7-14-5-4-12(11)13/h2-7H,8H2,1H3. The van der Waals surface area contributed by atoms with Gasteiger partial charge >= 0.3 is 0 Å². The van der Waals surface area contributed by atoms with E-state index in [0.29, 0.717) is 6.61 Å². The molecule has 1 aromatic heterocycles. The Morgan fingerprint density at radius 1 is 1.20 bits per heavy atom. The number of hydrogen-bond acceptors (Lipinski definition) is 2. The zero-order valence-electron chi connectivity index (χ0n) is 8.53. The molecule has 2 aromatic rings. The van der Waals surface area contributed by atoms with Crippen molar-refractivity contribution in [3.8, 4) is 16.9 Å². The molecule has 0 fully saturated rings. The molecule has 2 nitrogen and oxygen atoms in total. The Kier molecular flexibility index (Phi) is 1.75. The average molecular weight is 197 g/mol. The zero-order chi connectivity index (χ0) is 10.3. The van der Waals surface area contributed by atoms with Gasteiger partial charge in [-0.15, -0.1) is 0 Å². The molecule has 74 valence electrons. The number of aromatic nitrogens is 1. The Hall–Kier alpha value is -1.83. The van der Waals surface area contributed by atoms with E-state index in [-0.39, 0.29) is 0 Å². The predicted molar refractivity (Wildman–Crippen MR) is 58.7 cm³/mol. The van der Waals surface area contributed by atoms with Gasteiger partial charge in [0.25, 0.3) is 0 Å². The Morgan fingerprint density at radius 2 is 2.13 bits per heavy atom. The molecule has 15 heavy (non-hydrogen) atoms. The van der Waals surface area contributed by atoms with Crippen molar-refractivity contribution in [1.29, 1.82) is 0 Å². The second-order valence-electron chi connectivity index (χ2n) is 3.82. The minimum absolute atomic E-state index is 0.649. The number of benzene rings is 1. The van der Waals surface area contributed by atoms with Crippen LogP contribution >= 0.6 is 0 Å². The molecule has 0 aliphatic carbocycles. The van der Waals surface area contributed by atoms with E-state index in [9.17, 15) is 0 Å². The monoisotopic (exact) mass is 197 g/mol. The van der Waals surface area contributed by atoms with E-state index in [1.54, 1.807) is 12.4 Å². The molecule has 3 rings (SSSR count). The maximum Gasteiger partial charge on any atom is 0.145 e. The molecular weight excluding hydrogens is 186 g/mol. The molecule has 1 aliphatic heterocycles. The number of rotatable bonds is 0. The van der Waals surface area contributed by atoms with Crippen LogP contribution < -0.4 is 4.74 Å². The Balaban J connectivity index is 2.26. The van der Waals surface area contributed by atoms with E-state index in [2.05, 4.69) is 30.1 Å². The molecule has 0 unspecified atom stereocenters. The summed E-state index contributed by atoms with van der Waals surface area (Å²) in [5.41, 5.74) is 4.94. The van der Waals surface area contributed by atoms with Crippen LogP contribution in [-0.2, 0) is 6.61 Å². The van der Waals surface area contributed by atoms with Gasteiger partial charge < -0.3 is 4.74 Å². The highest BCUT2D eigenvalue weighted by molar-refractivity contribution is 5.74. The summed E-state index contributed by atoms with van der Waals surface area (Å²) in [5.74, 6) is 0.883. The first-order valence-corrected chi connectivity index (χ1v) is 5.01. The lowest BCUT2D eigenvalue weighted by Crippen LogP contribution is -2.05. The van der Waals surface area contributed by atoms with Crippen LogP contribution in [0.15, 0.2) is 36.7 Å². The molecule has 2 heteroatoms. The summed E-state index contributed by atoms with van der Waals surface area (Å²) in [6.07, 6.45) is 3.58. The smallest absolute Gasteiger partial charge is 0.145 e. The predicted octanol–water partition coefficient (Wildman–Crippen LogP) is 2.95. The van der Waals surface area contributed by atoms with Gasteiger partial charge in [0.15, 0.2) is 0 Å². The van der Waals surface area contributed by atoms with Crippen molar-refractivity contribution in [3.05, 3.63) is 47.8 Å². The van der Waals surface area contributed by atoms with Gasteiger partial charge in [0, 0.05) is 11.8 Å². The topological polar surface area (TPSA) is 22.1 Å². The van der Waals surface area contributed by atoms with Crippen molar-refractivity contribution in [1.82, 2.24) is 4.98 Å². The Labute approximate surface area is 88.5 Å². The number of hydrogen-bond donors (Lipinski definition) is 0. The van der Waals surface area contributed by atoms with E-state index >= 15 is 0 Å². The molecule has 0 amide bonds. The van der Waals surface area contributed by atoms with Crippen LogP contribution in [0.5, 0.6) is 5.75 Å². The zero-order valence-corrected chi connectivity index (χ0v) is 8.53. The van der Waals surface area contributed by atoms with Gasteiger partial charge in [-0.25, -0.2) is 0 Å². The number of fused-ring (bicyclic) bond motifs is 3. The van der Waals surface area contributed by atoms with Crippen molar-refractivity contribution in [3.63, 3.8) is 0 Å². The molecule has 0 N–H and O–H groups in total. The summed E-state index contributed by atoms with van der Waals surface area (Å²) >= 11 is 0. The van der Waals surface area contributed by atoms with Crippen LogP contribution in [-0.4, -0.2) is 4.98 Å². The van der Waals surface area contributed by atoms with Crippen molar-refractivity contribution in [2.45, 2.75) is 13.5 Å². The van der Waals surface area contributed by atoms with Crippen molar-refractivity contribution in [2.75, 3.05) is 0 Å². The molecule has 1 aliphatic rings. The van der Waals surface area contributed by atoms with E-state index in [0.717, 1.165) is 11.3 Å². The molecule has 0 bridgehead atoms. The van der Waals surface area contributed by atoms with Crippen molar-refractivity contribution < 1.29 is 4.74 Å². The van der Waals surface area contributed by atoms with Crippen LogP contribution in [0.25, 0.3) is 11.1 Å². The van der Waals surface area contributed by atoms with Gasteiger partial charge in [-0.3, -0.25) is 4.98 Å². The second-order valence-corrected chi connectivity index (χ2v) is 3.82. The molecule has 0 saturated heterocycles. The highest BCUT2D eigenvalue weighted by atomic mass is 16.5. The van der Waals surface area contributed by atoms with E-state index in [4.69, 9.17) is 4.74 Å². The highest BCUT2D eigenvalue weighted by Gasteiger charge is 2.16. The van der Waals surface area contributed by atoms with Gasteiger partial charge in [-0.05, 0) is 24.1 Å². The lowest BCUT2D eigenvalue weighted by molar-refractivity contribution is 0.301. The van der Waals surface area contributed by atoms with Crippen LogP contribution in [0, 0.1) is 6.92 Å². The lowest BCUT2D eigenvalue weighted by Gasteiger charge is -2.20. The van der Waals surface area contributed by atoms with E-state index in [1.165, 1.54) is 16.7 Å². The fraction of sp³-hybridized carbons (Fsp3) is 0.154. The summed E-state index contributed by atoms with van der Waals surface area (Å²) in [4.78, 5) is 4.06. The summed E-state index contributed by atoms with van der Waals surface area (Å²) in [7, 11) is 0. The summed E-state index contributed by atoms with van der Waals surface area (Å²) in [5, 5.41) is 0. The molecule has 0 atom stereocenters. The van der Waals surface area contributed by atoms with Crippen molar-refractivity contribution in [2.24, 2.45) is 0 Å². The van der Waals surface area contributed by atoms with Gasteiger partial charge in [-0.1, -0.05) is 23.8 Å². The van der Waals surface area contributed by atoms with E-state index < -0.39 is 0 Å². The fourth-order valence-corrected chi connectivity index (χ4v) is 1.98. The molecule has 0 radical (unpaired) electrons. The van der Waals surface area contributed by atoms with E-state index in [1.807, 2.05) is 6.07 Å². The van der Waals surface area contributed by atoms with Crippen LogP contribution in [0.3, 0.4) is 0 Å². The average Bonchev–Trinajstić information content (AvgIpc) is 2.28. The van der Waals surface area contributed by atoms with Crippen molar-refractivity contribution >= 4 is 0 Å². The maximum absolute atomic E-state index is 5.64. The van der Waals surface area contributed by atoms with Crippen LogP contribution in [0.2, 0.25) is 0 Å². The molecular formula is C13H11NO. The third kappa shape index (κ3) is 1.30. The highest BCUT2D eigenvalue weighted by Crippen LogP contribution is 2.36. The lowest BCUT2D eigenvalue weighted by atomic mass is 9.97. The van der Waals surface area contributed by atoms with Gasteiger partial charge in [0.2, 0.25) is 0 Å². The van der Waals surface area contributed by atoms with Gasteiger partial charge in [0.1, 0.15) is 12.4 Å². The summed E-state index contributed by atoms with van der Waals surface area (Å²) in [6, 6.07) is 8.47. The van der Waals surface area contributed by atoms with Crippen LogP contribution in [0.4, 0.5) is 0 Å². The molecule has 1 aromatic carbocycles. The Morgan fingerprint density at radius 3 is 3.07 bits per heavy atom. The number of nitrogens with zero attached hydrogens (tertiary/aromatic N) is 1. The molecule has 0 spiro atoms. The largest absolute Gasteiger partial charge is 0.487 e. The third-order valence-corrected chi connectivity index (χ3v) is 2.72. The first kappa shape index (κ1) is 8.48. The first-order valence-electron chi connectivity index (χ1n) is 5.01. The first-order chi connectivity index (χ1) is 7.34. The summed E-state index contributed by atoms with van der Waals surface area (Å²) in [6.45, 7) is 2.75. The molecule has 0 saturated carbocycles. The summed E-state index contributed by atoms with van der Waals surface area (Å²) < 4.78 is 5.64. The number of ether oxygens (including phenoxy) is 1. The maximum atomic E-state index is 5.64. The minimum Gasteiger partial charge on any atom is -0.487 e. The normalized spacial score (nSPS) is 12.6. The fourth-order valence-electron chi connectivity index (χ4n) is 1.98. The minimum atomic E-state index is 0.649. The Bertz CT molecular complexity index is 520. The van der Waals surface area contributed by atoms with Gasteiger partial charge in [0.05, 0.1) is 6.20 Å².